The van der Waals surface area contributed by atoms with Crippen LogP contribution in [0.3, 0.4) is 0 Å². The minimum Gasteiger partial charge on any atom is -0.455 e. The molecule has 0 aliphatic carbocycles. The van der Waals surface area contributed by atoms with Gasteiger partial charge in [-0.05, 0) is 25.3 Å². The smallest absolute Gasteiger partial charge is 0.310 e. The number of aryl methyl sites for hydroxylation is 1. The van der Waals surface area contributed by atoms with Crippen LogP contribution in [0.15, 0.2) is 24.3 Å². The van der Waals surface area contributed by atoms with Crippen molar-refractivity contribution in [1.82, 2.24) is 4.90 Å². The van der Waals surface area contributed by atoms with Gasteiger partial charge in [-0.2, -0.15) is 0 Å². The molecule has 2 N–H and O–H groups in total. The fourth-order valence-electron chi connectivity index (χ4n) is 2.59. The third kappa shape index (κ3) is 5.09. The van der Waals surface area contributed by atoms with Gasteiger partial charge < -0.3 is 15.4 Å². The molecule has 124 valence electrons. The van der Waals surface area contributed by atoms with E-state index in [1.807, 2.05) is 31.2 Å². The van der Waals surface area contributed by atoms with Crippen LogP contribution in [-0.2, 0) is 25.5 Å². The zero-order valence-electron chi connectivity index (χ0n) is 13.3. The summed E-state index contributed by atoms with van der Waals surface area (Å²) in [6.07, 6.45) is 1.57. The van der Waals surface area contributed by atoms with Gasteiger partial charge in [0.2, 0.25) is 5.91 Å². The number of nitrogens with two attached hydrogens (primary N) is 1. The molecule has 1 saturated heterocycles. The summed E-state index contributed by atoms with van der Waals surface area (Å²) in [7, 11) is 0. The predicted molar refractivity (Wildman–Crippen MR) is 84.3 cm³/mol. The van der Waals surface area contributed by atoms with Gasteiger partial charge in [0.15, 0.2) is 6.61 Å². The summed E-state index contributed by atoms with van der Waals surface area (Å²) < 4.78 is 5.04. The van der Waals surface area contributed by atoms with Crippen molar-refractivity contribution in [1.29, 1.82) is 0 Å². The first-order valence-electron chi connectivity index (χ1n) is 7.74. The van der Waals surface area contributed by atoms with Gasteiger partial charge in [-0.15, -0.1) is 0 Å². The summed E-state index contributed by atoms with van der Waals surface area (Å²) >= 11 is 0. The molecule has 23 heavy (non-hydrogen) atoms. The van der Waals surface area contributed by atoms with Crippen molar-refractivity contribution in [3.63, 3.8) is 0 Å². The number of primary amides is 1. The van der Waals surface area contributed by atoms with Crippen molar-refractivity contribution in [2.75, 3.05) is 19.7 Å². The Bertz CT molecular complexity index is 583. The molecule has 2 rings (SSSR count). The lowest BCUT2D eigenvalue weighted by atomic mass is 9.97. The van der Waals surface area contributed by atoms with E-state index in [0.29, 0.717) is 19.5 Å². The number of amides is 2. The predicted octanol–water partition coefficient (Wildman–Crippen LogP) is 0.805. The lowest BCUT2D eigenvalue weighted by Crippen LogP contribution is -2.45. The summed E-state index contributed by atoms with van der Waals surface area (Å²) in [6.45, 7) is 2.55. The Morgan fingerprint density at radius 2 is 1.96 bits per heavy atom. The number of carbonyl (C=O) groups is 3. The highest BCUT2D eigenvalue weighted by Gasteiger charge is 2.27. The largest absolute Gasteiger partial charge is 0.455 e. The zero-order valence-corrected chi connectivity index (χ0v) is 13.3. The molecule has 1 aromatic carbocycles. The molecule has 1 heterocycles. The van der Waals surface area contributed by atoms with Crippen molar-refractivity contribution < 1.29 is 19.1 Å². The van der Waals surface area contributed by atoms with Crippen molar-refractivity contribution >= 4 is 17.8 Å². The highest BCUT2D eigenvalue weighted by atomic mass is 16.5. The Kier molecular flexibility index (Phi) is 5.73. The lowest BCUT2D eigenvalue weighted by molar-refractivity contribution is -0.152. The lowest BCUT2D eigenvalue weighted by Gasteiger charge is -2.31. The minimum atomic E-state index is -0.439. The average molecular weight is 318 g/mol. The second kappa shape index (κ2) is 7.76. The van der Waals surface area contributed by atoms with E-state index in [1.54, 1.807) is 0 Å². The fraction of sp³-hybridized carbons (Fsp3) is 0.471. The second-order valence-corrected chi connectivity index (χ2v) is 5.90. The van der Waals surface area contributed by atoms with Crippen LogP contribution >= 0.6 is 0 Å². The Morgan fingerprint density at radius 3 is 2.61 bits per heavy atom. The molecule has 0 bridgehead atoms. The molecule has 0 radical (unpaired) electrons. The molecule has 1 aromatic rings. The Balaban J connectivity index is 1.78. The van der Waals surface area contributed by atoms with Crippen LogP contribution < -0.4 is 5.73 Å². The third-order valence-electron chi connectivity index (χ3n) is 4.00. The Hall–Kier alpha value is -2.37. The van der Waals surface area contributed by atoms with E-state index in [4.69, 9.17) is 10.5 Å². The molecule has 1 atom stereocenters. The van der Waals surface area contributed by atoms with Crippen molar-refractivity contribution in [3.05, 3.63) is 35.4 Å². The maximum atomic E-state index is 12.1. The van der Waals surface area contributed by atoms with E-state index in [2.05, 4.69) is 0 Å². The van der Waals surface area contributed by atoms with E-state index in [1.165, 1.54) is 4.90 Å². The van der Waals surface area contributed by atoms with Gasteiger partial charge in [0.1, 0.15) is 0 Å². The van der Waals surface area contributed by atoms with Gasteiger partial charge >= 0.3 is 5.97 Å². The van der Waals surface area contributed by atoms with Crippen LogP contribution in [-0.4, -0.2) is 42.4 Å². The van der Waals surface area contributed by atoms with Gasteiger partial charge in [-0.1, -0.05) is 29.8 Å². The standard InChI is InChI=1S/C17H22N2O4/c1-12-4-6-13(7-5-12)9-16(21)23-11-15(20)19-8-2-3-14(10-19)17(18)22/h4-7,14H,2-3,8-11H2,1H3,(H2,18,22)/t14-/m1/s1. The first-order chi connectivity index (χ1) is 11.0. The van der Waals surface area contributed by atoms with Crippen LogP contribution in [0, 0.1) is 12.8 Å². The maximum absolute atomic E-state index is 12.1. The number of rotatable bonds is 5. The first kappa shape index (κ1) is 17.0. The number of esters is 1. The normalized spacial score (nSPS) is 17.6. The monoisotopic (exact) mass is 318 g/mol. The number of likely N-dealkylation sites (tertiary alicyclic amines) is 1. The van der Waals surface area contributed by atoms with Gasteiger partial charge in [0, 0.05) is 13.1 Å². The van der Waals surface area contributed by atoms with E-state index in [9.17, 15) is 14.4 Å². The van der Waals surface area contributed by atoms with Gasteiger partial charge in [-0.3, -0.25) is 14.4 Å². The molecule has 0 unspecified atom stereocenters. The molecular weight excluding hydrogens is 296 g/mol. The molecule has 0 spiro atoms. The van der Waals surface area contributed by atoms with Crippen LogP contribution in [0.4, 0.5) is 0 Å². The van der Waals surface area contributed by atoms with Gasteiger partial charge in [-0.25, -0.2) is 0 Å². The molecular formula is C17H22N2O4. The Morgan fingerprint density at radius 1 is 1.26 bits per heavy atom. The summed E-state index contributed by atoms with van der Waals surface area (Å²) in [5.74, 6) is -1.42. The van der Waals surface area contributed by atoms with Crippen LogP contribution in [0.1, 0.15) is 24.0 Å². The number of hydrogen-bond acceptors (Lipinski definition) is 4. The fourth-order valence-corrected chi connectivity index (χ4v) is 2.59. The number of carbonyl (C=O) groups excluding carboxylic acids is 3. The van der Waals surface area contributed by atoms with E-state index in [0.717, 1.165) is 17.5 Å². The van der Waals surface area contributed by atoms with E-state index in [-0.39, 0.29) is 30.8 Å². The summed E-state index contributed by atoms with van der Waals surface area (Å²) in [5.41, 5.74) is 7.25. The Labute approximate surface area is 135 Å². The molecule has 6 heteroatoms. The van der Waals surface area contributed by atoms with Crippen molar-refractivity contribution in [3.8, 4) is 0 Å². The quantitative estimate of drug-likeness (QED) is 0.813. The number of nitrogens with zero attached hydrogens (tertiary/aromatic N) is 1. The molecule has 6 nitrogen and oxygen atoms in total. The first-order valence-corrected chi connectivity index (χ1v) is 7.74. The highest BCUT2D eigenvalue weighted by molar-refractivity contribution is 5.83. The molecule has 0 saturated carbocycles. The number of ether oxygens (including phenoxy) is 1. The minimum absolute atomic E-state index is 0.136. The van der Waals surface area contributed by atoms with Gasteiger partial charge in [0.25, 0.3) is 5.91 Å². The zero-order chi connectivity index (χ0) is 16.8. The van der Waals surface area contributed by atoms with Crippen LogP contribution in [0.5, 0.6) is 0 Å². The average Bonchev–Trinajstić information content (AvgIpc) is 2.55. The molecule has 1 aliphatic heterocycles. The third-order valence-corrected chi connectivity index (χ3v) is 4.00. The van der Waals surface area contributed by atoms with Crippen molar-refractivity contribution in [2.45, 2.75) is 26.2 Å². The number of benzene rings is 1. The van der Waals surface area contributed by atoms with Gasteiger partial charge in [0.05, 0.1) is 12.3 Å². The van der Waals surface area contributed by atoms with Crippen molar-refractivity contribution in [2.24, 2.45) is 11.7 Å². The molecule has 2 amide bonds. The summed E-state index contributed by atoms with van der Waals surface area (Å²) in [4.78, 5) is 36.6. The molecule has 0 aromatic heterocycles. The maximum Gasteiger partial charge on any atom is 0.310 e. The van der Waals surface area contributed by atoms with Crippen LogP contribution in [0.2, 0.25) is 0 Å². The van der Waals surface area contributed by atoms with E-state index >= 15 is 0 Å². The van der Waals surface area contributed by atoms with E-state index < -0.39 is 5.97 Å². The topological polar surface area (TPSA) is 89.7 Å². The summed E-state index contributed by atoms with van der Waals surface area (Å²) in [6, 6.07) is 7.57. The second-order valence-electron chi connectivity index (χ2n) is 5.90. The molecule has 1 fully saturated rings. The summed E-state index contributed by atoms with van der Waals surface area (Å²) in [5, 5.41) is 0. The van der Waals surface area contributed by atoms with Crippen LogP contribution in [0.25, 0.3) is 0 Å². The number of hydrogen-bond donors (Lipinski definition) is 1. The highest BCUT2D eigenvalue weighted by Crippen LogP contribution is 2.16. The SMILES string of the molecule is Cc1ccc(CC(=O)OCC(=O)N2CCC[C@@H](C(N)=O)C2)cc1. The number of piperidine rings is 1. The molecule has 1 aliphatic rings.